The van der Waals surface area contributed by atoms with Crippen LogP contribution in [0, 0.1) is 0 Å². The molecule has 1 aliphatic rings. The van der Waals surface area contributed by atoms with Gasteiger partial charge in [-0.3, -0.25) is 4.79 Å². The highest BCUT2D eigenvalue weighted by atomic mass is 32.2. The van der Waals surface area contributed by atoms with Gasteiger partial charge in [-0.25, -0.2) is 8.42 Å². The number of carbonyl (C=O) groups is 1. The molecule has 0 radical (unpaired) electrons. The van der Waals surface area contributed by atoms with E-state index in [1.165, 1.54) is 29.8 Å². The second-order valence-corrected chi connectivity index (χ2v) is 9.27. The second-order valence-electron chi connectivity index (χ2n) is 7.36. The highest BCUT2D eigenvalue weighted by Crippen LogP contribution is 2.23. The van der Waals surface area contributed by atoms with Crippen molar-refractivity contribution >= 4 is 21.4 Å². The molecule has 0 spiro atoms. The molecular weight excluding hydrogens is 398 g/mol. The van der Waals surface area contributed by atoms with E-state index in [9.17, 15) is 22.0 Å². The molecule has 2 aromatic rings. The Kier molecular flexibility index (Phi) is 6.21. The second kappa shape index (κ2) is 8.49. The van der Waals surface area contributed by atoms with Gasteiger partial charge in [0.1, 0.15) is 0 Å². The summed E-state index contributed by atoms with van der Waals surface area (Å²) in [5.41, 5.74) is 2.58. The summed E-state index contributed by atoms with van der Waals surface area (Å²) in [4.78, 5) is 16.1. The first-order valence-electron chi connectivity index (χ1n) is 9.46. The van der Waals surface area contributed by atoms with E-state index in [1.54, 1.807) is 4.90 Å². The zero-order valence-electron chi connectivity index (χ0n) is 16.4. The van der Waals surface area contributed by atoms with Crippen LogP contribution in [0.1, 0.15) is 35.7 Å². The Balaban J connectivity index is 1.62. The monoisotopic (exact) mass is 422 g/mol. The van der Waals surface area contributed by atoms with Gasteiger partial charge in [0.15, 0.2) is 0 Å². The minimum absolute atomic E-state index is 0.0154. The SMILES string of the molecule is CC(C)c1ccc(C(=O)N2CCN(c3ccc(S(=O)(=O)C(F)F)cc3)CC2)cc1. The number of amides is 1. The molecule has 0 aromatic heterocycles. The fourth-order valence-corrected chi connectivity index (χ4v) is 4.03. The van der Waals surface area contributed by atoms with E-state index in [-0.39, 0.29) is 5.91 Å². The zero-order valence-corrected chi connectivity index (χ0v) is 17.2. The van der Waals surface area contributed by atoms with Crippen molar-refractivity contribution in [3.8, 4) is 0 Å². The van der Waals surface area contributed by atoms with Crippen LogP contribution in [0.5, 0.6) is 0 Å². The number of benzene rings is 2. The van der Waals surface area contributed by atoms with E-state index in [0.717, 1.165) is 5.69 Å². The van der Waals surface area contributed by atoms with Crippen molar-refractivity contribution < 1.29 is 22.0 Å². The van der Waals surface area contributed by atoms with Gasteiger partial charge in [0.2, 0.25) is 9.84 Å². The number of carbonyl (C=O) groups excluding carboxylic acids is 1. The Morgan fingerprint density at radius 1 is 0.897 bits per heavy atom. The van der Waals surface area contributed by atoms with E-state index >= 15 is 0 Å². The molecule has 0 bridgehead atoms. The Bertz CT molecular complexity index is 950. The van der Waals surface area contributed by atoms with Crippen molar-refractivity contribution in [2.45, 2.75) is 30.4 Å². The van der Waals surface area contributed by atoms with Crippen LogP contribution >= 0.6 is 0 Å². The Labute approximate surface area is 169 Å². The molecular formula is C21H24F2N2O3S. The lowest BCUT2D eigenvalue weighted by molar-refractivity contribution is 0.0746. The van der Waals surface area contributed by atoms with E-state index in [0.29, 0.717) is 37.7 Å². The lowest BCUT2D eigenvalue weighted by Crippen LogP contribution is -2.48. The summed E-state index contributed by atoms with van der Waals surface area (Å²) in [7, 11) is -4.59. The predicted molar refractivity (Wildman–Crippen MR) is 108 cm³/mol. The summed E-state index contributed by atoms with van der Waals surface area (Å²) >= 11 is 0. The van der Waals surface area contributed by atoms with Gasteiger partial charge in [-0.05, 0) is 47.9 Å². The highest BCUT2D eigenvalue weighted by Gasteiger charge is 2.27. The van der Waals surface area contributed by atoms with Crippen LogP contribution in [0.3, 0.4) is 0 Å². The molecule has 1 fully saturated rings. The normalized spacial score (nSPS) is 15.2. The predicted octanol–water partition coefficient (Wildman–Crippen LogP) is 3.77. The smallest absolute Gasteiger partial charge is 0.341 e. The van der Waals surface area contributed by atoms with Crippen molar-refractivity contribution in [1.82, 2.24) is 4.90 Å². The summed E-state index contributed by atoms with van der Waals surface area (Å²) in [6.45, 7) is 6.42. The number of anilines is 1. The van der Waals surface area contributed by atoms with Crippen LogP contribution in [0.25, 0.3) is 0 Å². The minimum atomic E-state index is -4.59. The summed E-state index contributed by atoms with van der Waals surface area (Å²) in [5, 5.41) is 0. The van der Waals surface area contributed by atoms with Crippen LogP contribution < -0.4 is 4.90 Å². The molecule has 0 unspecified atom stereocenters. The summed E-state index contributed by atoms with van der Waals surface area (Å²) in [5.74, 6) is -3.04. The molecule has 1 heterocycles. The molecule has 1 saturated heterocycles. The maximum atomic E-state index is 12.7. The number of halogens is 2. The molecule has 0 aliphatic carbocycles. The maximum Gasteiger partial charge on any atom is 0.341 e. The first kappa shape index (κ1) is 21.2. The van der Waals surface area contributed by atoms with Gasteiger partial charge >= 0.3 is 5.76 Å². The van der Waals surface area contributed by atoms with E-state index in [4.69, 9.17) is 0 Å². The Hall–Kier alpha value is -2.48. The average molecular weight is 422 g/mol. The first-order valence-corrected chi connectivity index (χ1v) is 11.0. The third-order valence-corrected chi connectivity index (χ3v) is 6.55. The van der Waals surface area contributed by atoms with Gasteiger partial charge in [0, 0.05) is 37.4 Å². The molecule has 8 heteroatoms. The van der Waals surface area contributed by atoms with Crippen LogP contribution in [0.4, 0.5) is 14.5 Å². The minimum Gasteiger partial charge on any atom is -0.368 e. The van der Waals surface area contributed by atoms with Crippen molar-refractivity contribution in [2.75, 3.05) is 31.1 Å². The van der Waals surface area contributed by atoms with Crippen LogP contribution in [-0.4, -0.2) is 51.2 Å². The lowest BCUT2D eigenvalue weighted by Gasteiger charge is -2.36. The number of sulfone groups is 1. The molecule has 2 aromatic carbocycles. The Morgan fingerprint density at radius 2 is 1.45 bits per heavy atom. The third kappa shape index (κ3) is 4.58. The molecule has 29 heavy (non-hydrogen) atoms. The molecule has 1 aliphatic heterocycles. The summed E-state index contributed by atoms with van der Waals surface area (Å²) in [6.07, 6.45) is 0. The van der Waals surface area contributed by atoms with Gasteiger partial charge in [-0.15, -0.1) is 0 Å². The van der Waals surface area contributed by atoms with Crippen molar-refractivity contribution in [1.29, 1.82) is 0 Å². The number of alkyl halides is 2. The number of hydrogen-bond donors (Lipinski definition) is 0. The molecule has 3 rings (SSSR count). The zero-order chi connectivity index (χ0) is 21.2. The third-order valence-electron chi connectivity index (χ3n) is 5.16. The van der Waals surface area contributed by atoms with Gasteiger partial charge in [-0.1, -0.05) is 26.0 Å². The fraction of sp³-hybridized carbons (Fsp3) is 0.381. The van der Waals surface area contributed by atoms with Crippen LogP contribution in [0.15, 0.2) is 53.4 Å². The summed E-state index contributed by atoms with van der Waals surface area (Å²) in [6, 6.07) is 13.1. The molecule has 1 amide bonds. The molecule has 0 N–H and O–H groups in total. The highest BCUT2D eigenvalue weighted by molar-refractivity contribution is 7.91. The fourth-order valence-electron chi connectivity index (χ4n) is 3.31. The van der Waals surface area contributed by atoms with E-state index in [1.807, 2.05) is 29.2 Å². The largest absolute Gasteiger partial charge is 0.368 e. The maximum absolute atomic E-state index is 12.7. The topological polar surface area (TPSA) is 57.7 Å². The molecule has 5 nitrogen and oxygen atoms in total. The van der Waals surface area contributed by atoms with E-state index in [2.05, 4.69) is 13.8 Å². The van der Waals surface area contributed by atoms with Crippen molar-refractivity contribution in [2.24, 2.45) is 0 Å². The van der Waals surface area contributed by atoms with E-state index < -0.39 is 20.5 Å². The van der Waals surface area contributed by atoms with Crippen LogP contribution in [-0.2, 0) is 9.84 Å². The van der Waals surface area contributed by atoms with Crippen LogP contribution in [0.2, 0.25) is 0 Å². The molecule has 156 valence electrons. The summed E-state index contributed by atoms with van der Waals surface area (Å²) < 4.78 is 48.3. The quantitative estimate of drug-likeness (QED) is 0.736. The van der Waals surface area contributed by atoms with Gasteiger partial charge in [0.25, 0.3) is 5.91 Å². The van der Waals surface area contributed by atoms with Crippen molar-refractivity contribution in [3.63, 3.8) is 0 Å². The average Bonchev–Trinajstić information content (AvgIpc) is 2.73. The number of nitrogens with zero attached hydrogens (tertiary/aromatic N) is 2. The first-order chi connectivity index (χ1) is 13.7. The Morgan fingerprint density at radius 3 is 1.93 bits per heavy atom. The number of hydrogen-bond acceptors (Lipinski definition) is 4. The number of rotatable bonds is 5. The standard InChI is InChI=1S/C21H24F2N2O3S/c1-15(2)16-3-5-17(6-4-16)20(26)25-13-11-24(12-14-25)18-7-9-19(10-8-18)29(27,28)21(22)23/h3-10,15,21H,11-14H2,1-2H3. The van der Waals surface area contributed by atoms with Gasteiger partial charge in [-0.2, -0.15) is 8.78 Å². The number of piperazine rings is 1. The molecule has 0 atom stereocenters. The van der Waals surface area contributed by atoms with Crippen molar-refractivity contribution in [3.05, 3.63) is 59.7 Å². The lowest BCUT2D eigenvalue weighted by atomic mass is 10.0. The van der Waals surface area contributed by atoms with Gasteiger partial charge < -0.3 is 9.80 Å². The van der Waals surface area contributed by atoms with Gasteiger partial charge in [0.05, 0.1) is 4.90 Å². The molecule has 0 saturated carbocycles.